The van der Waals surface area contributed by atoms with Crippen LogP contribution in [0.1, 0.15) is 39.9 Å². The summed E-state index contributed by atoms with van der Waals surface area (Å²) in [5.41, 5.74) is 3.37. The summed E-state index contributed by atoms with van der Waals surface area (Å²) in [7, 11) is -2.24. The van der Waals surface area contributed by atoms with Crippen molar-refractivity contribution in [1.29, 1.82) is 0 Å². The summed E-state index contributed by atoms with van der Waals surface area (Å²) < 4.78 is 32.1. The summed E-state index contributed by atoms with van der Waals surface area (Å²) in [5.74, 6) is -1.27. The number of ether oxygens (including phenoxy) is 1. The van der Waals surface area contributed by atoms with Gasteiger partial charge in [0.2, 0.25) is 15.9 Å². The van der Waals surface area contributed by atoms with Crippen LogP contribution in [0.5, 0.6) is 0 Å². The zero-order valence-electron chi connectivity index (χ0n) is 18.1. The molecular formula is C23H28N2O5S. The van der Waals surface area contributed by atoms with E-state index >= 15 is 0 Å². The van der Waals surface area contributed by atoms with Gasteiger partial charge in [-0.1, -0.05) is 30.3 Å². The Kier molecular flexibility index (Phi) is 7.12. The Bertz CT molecular complexity index is 1080. The van der Waals surface area contributed by atoms with Crippen molar-refractivity contribution in [3.63, 3.8) is 0 Å². The first-order chi connectivity index (χ1) is 14.7. The van der Waals surface area contributed by atoms with E-state index in [1.807, 2.05) is 38.1 Å². The number of anilines is 1. The van der Waals surface area contributed by atoms with Gasteiger partial charge in [-0.05, 0) is 55.5 Å². The highest BCUT2D eigenvalue weighted by Crippen LogP contribution is 2.25. The van der Waals surface area contributed by atoms with Gasteiger partial charge in [-0.3, -0.25) is 4.79 Å². The fourth-order valence-corrected chi connectivity index (χ4v) is 5.42. The minimum Gasteiger partial charge on any atom is -0.465 e. The van der Waals surface area contributed by atoms with Crippen molar-refractivity contribution in [1.82, 2.24) is 4.31 Å². The Morgan fingerprint density at radius 1 is 1.13 bits per heavy atom. The Morgan fingerprint density at radius 3 is 2.58 bits per heavy atom. The van der Waals surface area contributed by atoms with E-state index in [9.17, 15) is 18.0 Å². The van der Waals surface area contributed by atoms with Crippen molar-refractivity contribution < 1.29 is 22.7 Å². The number of benzene rings is 2. The number of carbonyl (C=O) groups is 2. The van der Waals surface area contributed by atoms with E-state index in [1.165, 1.54) is 11.4 Å². The molecule has 3 rings (SSSR count). The lowest BCUT2D eigenvalue weighted by molar-refractivity contribution is -0.120. The topological polar surface area (TPSA) is 92.8 Å². The summed E-state index contributed by atoms with van der Waals surface area (Å²) in [6, 6.07) is 12.4. The first-order valence-corrected chi connectivity index (χ1v) is 11.8. The number of hydrogen-bond donors (Lipinski definition) is 1. The second kappa shape index (κ2) is 9.62. The monoisotopic (exact) mass is 444 g/mol. The molecule has 0 spiro atoms. The predicted molar refractivity (Wildman–Crippen MR) is 119 cm³/mol. The van der Waals surface area contributed by atoms with Gasteiger partial charge in [0, 0.05) is 18.8 Å². The Hall–Kier alpha value is -2.71. The normalized spacial score (nSPS) is 17.2. The van der Waals surface area contributed by atoms with E-state index in [-0.39, 0.29) is 18.2 Å². The van der Waals surface area contributed by atoms with Crippen molar-refractivity contribution in [2.24, 2.45) is 5.92 Å². The molecule has 2 aromatic carbocycles. The van der Waals surface area contributed by atoms with Gasteiger partial charge in [0.05, 0.1) is 24.3 Å². The molecule has 0 aliphatic carbocycles. The Labute approximate surface area is 183 Å². The van der Waals surface area contributed by atoms with E-state index < -0.39 is 21.9 Å². The van der Waals surface area contributed by atoms with E-state index in [0.717, 1.165) is 16.7 Å². The molecule has 7 nitrogen and oxygen atoms in total. The van der Waals surface area contributed by atoms with Crippen LogP contribution in [-0.4, -0.2) is 44.8 Å². The molecule has 1 atom stereocenters. The summed E-state index contributed by atoms with van der Waals surface area (Å²) >= 11 is 0. The molecule has 0 bridgehead atoms. The number of nitrogens with zero attached hydrogens (tertiary/aromatic N) is 1. The zero-order chi connectivity index (χ0) is 22.6. The van der Waals surface area contributed by atoms with Crippen LogP contribution in [0.3, 0.4) is 0 Å². The number of piperidine rings is 1. The molecule has 166 valence electrons. The van der Waals surface area contributed by atoms with Crippen molar-refractivity contribution in [3.05, 3.63) is 64.7 Å². The largest absolute Gasteiger partial charge is 0.465 e. The molecule has 1 heterocycles. The molecular weight excluding hydrogens is 416 g/mol. The summed E-state index contributed by atoms with van der Waals surface area (Å²) in [6.07, 6.45) is 1.23. The van der Waals surface area contributed by atoms with E-state index in [4.69, 9.17) is 4.74 Å². The number of sulfonamides is 1. The number of aryl methyl sites for hydroxylation is 2. The van der Waals surface area contributed by atoms with Crippen molar-refractivity contribution >= 4 is 27.6 Å². The quantitative estimate of drug-likeness (QED) is 0.691. The van der Waals surface area contributed by atoms with Gasteiger partial charge in [0.15, 0.2) is 0 Å². The first-order valence-electron chi connectivity index (χ1n) is 10.2. The summed E-state index contributed by atoms with van der Waals surface area (Å²) in [6.45, 7) is 4.28. The minimum atomic E-state index is -3.54. The molecule has 1 amide bonds. The van der Waals surface area contributed by atoms with Crippen LogP contribution in [0.4, 0.5) is 5.69 Å². The maximum atomic E-state index is 13.0. The smallest absolute Gasteiger partial charge is 0.337 e. The van der Waals surface area contributed by atoms with E-state index in [1.54, 1.807) is 18.2 Å². The van der Waals surface area contributed by atoms with Crippen LogP contribution in [0.25, 0.3) is 0 Å². The van der Waals surface area contributed by atoms with Crippen LogP contribution in [0, 0.1) is 19.8 Å². The lowest BCUT2D eigenvalue weighted by Crippen LogP contribution is -2.44. The third kappa shape index (κ3) is 5.51. The zero-order valence-corrected chi connectivity index (χ0v) is 18.9. The van der Waals surface area contributed by atoms with Gasteiger partial charge in [-0.15, -0.1) is 0 Å². The number of hydrogen-bond acceptors (Lipinski definition) is 5. The highest BCUT2D eigenvalue weighted by atomic mass is 32.2. The standard InChI is InChI=1S/C23H28N2O5S/c1-16-7-4-5-8-20(16)15-31(28,29)25-12-6-9-19(14-25)22(26)24-21-13-18(23(27)30-3)11-10-17(21)2/h4-5,7-8,10-11,13,19H,6,9,12,14-15H2,1-3H3,(H,24,26)/t19-/m1/s1. The van der Waals surface area contributed by atoms with Gasteiger partial charge in [0.25, 0.3) is 0 Å². The first kappa shape index (κ1) is 23.0. The van der Waals surface area contributed by atoms with Gasteiger partial charge < -0.3 is 10.1 Å². The number of nitrogens with one attached hydrogen (secondary N) is 1. The number of esters is 1. The number of rotatable bonds is 6. The Balaban J connectivity index is 1.71. The molecule has 0 radical (unpaired) electrons. The van der Waals surface area contributed by atoms with Gasteiger partial charge in [-0.2, -0.15) is 0 Å². The van der Waals surface area contributed by atoms with Crippen LogP contribution in [0.2, 0.25) is 0 Å². The molecule has 31 heavy (non-hydrogen) atoms. The molecule has 8 heteroatoms. The predicted octanol–water partition coefficient (Wildman–Crippen LogP) is 3.27. The lowest BCUT2D eigenvalue weighted by Gasteiger charge is -2.31. The van der Waals surface area contributed by atoms with Crippen molar-refractivity contribution in [2.75, 3.05) is 25.5 Å². The molecule has 0 saturated carbocycles. The summed E-state index contributed by atoms with van der Waals surface area (Å²) in [5, 5.41) is 2.86. The molecule has 0 unspecified atom stereocenters. The van der Waals surface area contributed by atoms with Crippen LogP contribution < -0.4 is 5.32 Å². The molecule has 1 saturated heterocycles. The molecule has 1 aliphatic heterocycles. The average Bonchev–Trinajstić information content (AvgIpc) is 2.76. The van der Waals surface area contributed by atoms with Crippen LogP contribution in [-0.2, 0) is 25.3 Å². The van der Waals surface area contributed by atoms with Crippen LogP contribution in [0.15, 0.2) is 42.5 Å². The lowest BCUT2D eigenvalue weighted by atomic mass is 9.98. The third-order valence-electron chi connectivity index (χ3n) is 5.66. The number of amides is 1. The SMILES string of the molecule is COC(=O)c1ccc(C)c(NC(=O)[C@@H]2CCCN(S(=O)(=O)Cc3ccccc3C)C2)c1. The van der Waals surface area contributed by atoms with Gasteiger partial charge >= 0.3 is 5.97 Å². The maximum Gasteiger partial charge on any atom is 0.337 e. The van der Waals surface area contributed by atoms with Crippen LogP contribution >= 0.6 is 0 Å². The number of methoxy groups -OCH3 is 1. The fourth-order valence-electron chi connectivity index (χ4n) is 3.71. The third-order valence-corrected chi connectivity index (χ3v) is 7.46. The fraction of sp³-hybridized carbons (Fsp3) is 0.391. The molecule has 2 aromatic rings. The second-order valence-corrected chi connectivity index (χ2v) is 9.86. The van der Waals surface area contributed by atoms with Crippen molar-refractivity contribution in [3.8, 4) is 0 Å². The van der Waals surface area contributed by atoms with E-state index in [0.29, 0.717) is 30.6 Å². The van der Waals surface area contributed by atoms with Gasteiger partial charge in [0.1, 0.15) is 0 Å². The van der Waals surface area contributed by atoms with E-state index in [2.05, 4.69) is 5.32 Å². The second-order valence-electron chi connectivity index (χ2n) is 7.89. The average molecular weight is 445 g/mol. The minimum absolute atomic E-state index is 0.0751. The highest BCUT2D eigenvalue weighted by Gasteiger charge is 2.32. The molecule has 0 aromatic heterocycles. The highest BCUT2D eigenvalue weighted by molar-refractivity contribution is 7.88. The number of carbonyl (C=O) groups excluding carboxylic acids is 2. The maximum absolute atomic E-state index is 13.0. The Morgan fingerprint density at radius 2 is 1.87 bits per heavy atom. The van der Waals surface area contributed by atoms with Crippen molar-refractivity contribution in [2.45, 2.75) is 32.4 Å². The molecule has 1 N–H and O–H groups in total. The summed E-state index contributed by atoms with van der Waals surface area (Å²) in [4.78, 5) is 24.7. The van der Waals surface area contributed by atoms with Gasteiger partial charge in [-0.25, -0.2) is 17.5 Å². The molecule has 1 aliphatic rings. The molecule has 1 fully saturated rings.